The quantitative estimate of drug-likeness (QED) is 0.462. The highest BCUT2D eigenvalue weighted by Crippen LogP contribution is 2.13. The normalized spacial score (nSPS) is 41.9. The SMILES string of the molecule is C[C@H]1O[C@H](O)[C@H](O)CC1=O. The molecule has 4 heteroatoms. The van der Waals surface area contributed by atoms with Gasteiger partial charge in [0, 0.05) is 6.42 Å². The number of ether oxygens (including phenoxy) is 1. The Kier molecular flexibility index (Phi) is 2.03. The number of ketones is 1. The molecule has 3 atom stereocenters. The van der Waals surface area contributed by atoms with E-state index in [0.717, 1.165) is 0 Å². The van der Waals surface area contributed by atoms with Gasteiger partial charge in [-0.3, -0.25) is 4.79 Å². The van der Waals surface area contributed by atoms with E-state index in [1.54, 1.807) is 6.92 Å². The molecular weight excluding hydrogens is 136 g/mol. The molecule has 1 fully saturated rings. The van der Waals surface area contributed by atoms with E-state index in [0.29, 0.717) is 0 Å². The lowest BCUT2D eigenvalue weighted by molar-refractivity contribution is -0.208. The van der Waals surface area contributed by atoms with Gasteiger partial charge in [-0.05, 0) is 6.92 Å². The minimum absolute atomic E-state index is 0.0116. The Bertz CT molecular complexity index is 145. The highest BCUT2D eigenvalue weighted by molar-refractivity contribution is 5.83. The van der Waals surface area contributed by atoms with E-state index in [1.165, 1.54) is 0 Å². The lowest BCUT2D eigenvalue weighted by Gasteiger charge is -2.26. The van der Waals surface area contributed by atoms with Gasteiger partial charge in [-0.25, -0.2) is 0 Å². The van der Waals surface area contributed by atoms with Crippen LogP contribution in [0.15, 0.2) is 0 Å². The van der Waals surface area contributed by atoms with Crippen molar-refractivity contribution in [1.82, 2.24) is 0 Å². The summed E-state index contributed by atoms with van der Waals surface area (Å²) in [6.07, 6.45) is -2.85. The predicted molar refractivity (Wildman–Crippen MR) is 32.2 cm³/mol. The van der Waals surface area contributed by atoms with Gasteiger partial charge in [-0.15, -0.1) is 0 Å². The number of Topliss-reactive ketones (excluding diaryl/α,β-unsaturated/α-hetero) is 1. The Morgan fingerprint density at radius 1 is 1.60 bits per heavy atom. The fraction of sp³-hybridized carbons (Fsp3) is 0.833. The van der Waals surface area contributed by atoms with Gasteiger partial charge in [0.2, 0.25) is 0 Å². The molecule has 0 amide bonds. The molecule has 0 radical (unpaired) electrons. The Hall–Kier alpha value is -0.450. The van der Waals surface area contributed by atoms with Crippen molar-refractivity contribution >= 4 is 5.78 Å². The second-order valence-corrected chi connectivity index (χ2v) is 2.41. The lowest BCUT2D eigenvalue weighted by atomic mass is 10.1. The minimum atomic E-state index is -1.20. The van der Waals surface area contributed by atoms with E-state index in [2.05, 4.69) is 4.74 Å². The van der Waals surface area contributed by atoms with Crippen LogP contribution in [0, 0.1) is 0 Å². The van der Waals surface area contributed by atoms with E-state index in [9.17, 15) is 4.79 Å². The van der Waals surface area contributed by atoms with Crippen LogP contribution >= 0.6 is 0 Å². The van der Waals surface area contributed by atoms with Gasteiger partial charge in [0.05, 0.1) is 0 Å². The Labute approximate surface area is 58.4 Å². The van der Waals surface area contributed by atoms with Crippen molar-refractivity contribution in [2.24, 2.45) is 0 Å². The van der Waals surface area contributed by atoms with Crippen molar-refractivity contribution in [3.63, 3.8) is 0 Å². The second kappa shape index (κ2) is 2.65. The topological polar surface area (TPSA) is 66.8 Å². The number of carbonyl (C=O) groups is 1. The van der Waals surface area contributed by atoms with E-state index in [4.69, 9.17) is 10.2 Å². The first-order valence-corrected chi connectivity index (χ1v) is 3.15. The Balaban J connectivity index is 2.54. The van der Waals surface area contributed by atoms with Crippen molar-refractivity contribution < 1.29 is 19.7 Å². The zero-order chi connectivity index (χ0) is 7.72. The van der Waals surface area contributed by atoms with E-state index < -0.39 is 18.5 Å². The van der Waals surface area contributed by atoms with Crippen molar-refractivity contribution in [1.29, 1.82) is 0 Å². The van der Waals surface area contributed by atoms with Gasteiger partial charge >= 0.3 is 0 Å². The smallest absolute Gasteiger partial charge is 0.182 e. The summed E-state index contributed by atoms with van der Waals surface area (Å²) in [6.45, 7) is 1.55. The third-order valence-corrected chi connectivity index (χ3v) is 1.54. The standard InChI is InChI=1S/C6H10O4/c1-3-4(7)2-5(8)6(9)10-3/h3,5-6,8-9H,2H2,1H3/t3-,5-,6+/m1/s1. The highest BCUT2D eigenvalue weighted by Gasteiger charge is 2.31. The summed E-state index contributed by atoms with van der Waals surface area (Å²) in [5.41, 5.74) is 0. The molecule has 10 heavy (non-hydrogen) atoms. The summed E-state index contributed by atoms with van der Waals surface area (Å²) < 4.78 is 4.67. The molecule has 0 spiro atoms. The van der Waals surface area contributed by atoms with Crippen molar-refractivity contribution in [3.05, 3.63) is 0 Å². The largest absolute Gasteiger partial charge is 0.387 e. The number of carbonyl (C=O) groups excluding carboxylic acids is 1. The molecule has 4 nitrogen and oxygen atoms in total. The van der Waals surface area contributed by atoms with Crippen molar-refractivity contribution in [3.8, 4) is 0 Å². The fourth-order valence-electron chi connectivity index (χ4n) is 0.849. The summed E-state index contributed by atoms with van der Waals surface area (Å²) in [4.78, 5) is 10.8. The maximum atomic E-state index is 10.8. The van der Waals surface area contributed by atoms with Crippen LogP contribution in [0.3, 0.4) is 0 Å². The zero-order valence-corrected chi connectivity index (χ0v) is 5.65. The molecule has 1 aliphatic heterocycles. The van der Waals surface area contributed by atoms with Gasteiger partial charge in [-0.1, -0.05) is 0 Å². The minimum Gasteiger partial charge on any atom is -0.387 e. The average Bonchev–Trinajstić information content (AvgIpc) is 1.84. The first-order valence-electron chi connectivity index (χ1n) is 3.15. The lowest BCUT2D eigenvalue weighted by Crippen LogP contribution is -2.43. The molecule has 0 aliphatic carbocycles. The molecule has 1 heterocycles. The van der Waals surface area contributed by atoms with Crippen molar-refractivity contribution in [2.75, 3.05) is 0 Å². The van der Waals surface area contributed by atoms with Crippen LogP contribution in [0.2, 0.25) is 0 Å². The summed E-state index contributed by atoms with van der Waals surface area (Å²) >= 11 is 0. The molecule has 1 rings (SSSR count). The third-order valence-electron chi connectivity index (χ3n) is 1.54. The van der Waals surface area contributed by atoms with E-state index in [1.807, 2.05) is 0 Å². The molecule has 0 unspecified atom stereocenters. The van der Waals surface area contributed by atoms with Crippen LogP contribution in [-0.2, 0) is 9.53 Å². The maximum Gasteiger partial charge on any atom is 0.182 e. The molecule has 58 valence electrons. The molecule has 0 aromatic heterocycles. The first kappa shape index (κ1) is 7.65. The van der Waals surface area contributed by atoms with Gasteiger partial charge < -0.3 is 14.9 Å². The van der Waals surface area contributed by atoms with Crippen LogP contribution in [-0.4, -0.2) is 34.5 Å². The summed E-state index contributed by atoms with van der Waals surface area (Å²) in [7, 11) is 0. The number of hydrogen-bond acceptors (Lipinski definition) is 4. The Morgan fingerprint density at radius 2 is 2.20 bits per heavy atom. The third kappa shape index (κ3) is 1.34. The number of hydrogen-bond donors (Lipinski definition) is 2. The van der Waals surface area contributed by atoms with Gasteiger partial charge in [0.25, 0.3) is 0 Å². The van der Waals surface area contributed by atoms with Crippen LogP contribution in [0.5, 0.6) is 0 Å². The average molecular weight is 146 g/mol. The maximum absolute atomic E-state index is 10.8. The first-order chi connectivity index (χ1) is 4.61. The summed E-state index contributed by atoms with van der Waals surface area (Å²) in [5.74, 6) is -0.169. The molecular formula is C6H10O4. The second-order valence-electron chi connectivity index (χ2n) is 2.41. The molecule has 0 aromatic carbocycles. The van der Waals surface area contributed by atoms with E-state index >= 15 is 0 Å². The molecule has 0 aromatic rings. The fourth-order valence-corrected chi connectivity index (χ4v) is 0.849. The van der Waals surface area contributed by atoms with Crippen LogP contribution in [0.4, 0.5) is 0 Å². The van der Waals surface area contributed by atoms with Gasteiger partial charge in [0.1, 0.15) is 12.2 Å². The Morgan fingerprint density at radius 3 is 2.70 bits per heavy atom. The summed E-state index contributed by atoms with van der Waals surface area (Å²) in [6, 6.07) is 0. The number of aliphatic hydroxyl groups is 2. The zero-order valence-electron chi connectivity index (χ0n) is 5.65. The highest BCUT2D eigenvalue weighted by atomic mass is 16.6. The monoisotopic (exact) mass is 146 g/mol. The molecule has 2 N–H and O–H groups in total. The van der Waals surface area contributed by atoms with Gasteiger partial charge in [-0.2, -0.15) is 0 Å². The molecule has 1 saturated heterocycles. The van der Waals surface area contributed by atoms with Gasteiger partial charge in [0.15, 0.2) is 12.1 Å². The number of aliphatic hydroxyl groups excluding tert-OH is 2. The predicted octanol–water partition coefficient (Wildman–Crippen LogP) is -0.956. The molecule has 0 bridgehead atoms. The molecule has 1 aliphatic rings. The van der Waals surface area contributed by atoms with Crippen molar-refractivity contribution in [2.45, 2.75) is 31.8 Å². The summed E-state index contributed by atoms with van der Waals surface area (Å²) in [5, 5.41) is 17.7. The van der Waals surface area contributed by atoms with Crippen LogP contribution < -0.4 is 0 Å². The van der Waals surface area contributed by atoms with Crippen LogP contribution in [0.25, 0.3) is 0 Å². The van der Waals surface area contributed by atoms with E-state index in [-0.39, 0.29) is 12.2 Å². The number of rotatable bonds is 0. The van der Waals surface area contributed by atoms with Crippen LogP contribution in [0.1, 0.15) is 13.3 Å². The molecule has 0 saturated carbocycles.